The number of piperidine rings is 1. The molecule has 23 heavy (non-hydrogen) atoms. The van der Waals surface area contributed by atoms with Gasteiger partial charge in [0.2, 0.25) is 5.95 Å². The first-order chi connectivity index (χ1) is 11.4. The Labute approximate surface area is 138 Å². The summed E-state index contributed by atoms with van der Waals surface area (Å²) in [5, 5.41) is 11.8. The van der Waals surface area contributed by atoms with E-state index < -0.39 is 0 Å². The fourth-order valence-corrected chi connectivity index (χ4v) is 3.36. The number of nitrogens with one attached hydrogen (secondary N) is 1. The summed E-state index contributed by atoms with van der Waals surface area (Å²) in [6, 6.07) is 0.550. The highest BCUT2D eigenvalue weighted by Gasteiger charge is 2.23. The summed E-state index contributed by atoms with van der Waals surface area (Å²) < 4.78 is 5.37. The lowest BCUT2D eigenvalue weighted by Crippen LogP contribution is -2.40. The van der Waals surface area contributed by atoms with Crippen LogP contribution < -0.4 is 10.2 Å². The number of aromatic nitrogens is 3. The van der Waals surface area contributed by atoms with E-state index in [0.717, 1.165) is 64.1 Å². The lowest BCUT2D eigenvalue weighted by molar-refractivity contribution is 0.0398. The maximum Gasteiger partial charge on any atom is 0.247 e. The first kappa shape index (κ1) is 16.4. The first-order valence-electron chi connectivity index (χ1n) is 8.87. The summed E-state index contributed by atoms with van der Waals surface area (Å²) in [6.45, 7) is 8.86. The molecule has 0 bridgehead atoms. The molecule has 7 heteroatoms. The summed E-state index contributed by atoms with van der Waals surface area (Å²) >= 11 is 0. The van der Waals surface area contributed by atoms with Crippen molar-refractivity contribution in [2.45, 2.75) is 38.6 Å². The molecule has 3 heterocycles. The zero-order chi connectivity index (χ0) is 15.9. The normalized spacial score (nSPS) is 23.0. The van der Waals surface area contributed by atoms with E-state index in [2.05, 4.69) is 37.2 Å². The van der Waals surface area contributed by atoms with Crippen molar-refractivity contribution >= 4 is 11.8 Å². The Hall–Kier alpha value is -1.47. The lowest BCUT2D eigenvalue weighted by Gasteiger charge is -2.34. The molecule has 1 atom stereocenters. The Kier molecular flexibility index (Phi) is 5.99. The van der Waals surface area contributed by atoms with Gasteiger partial charge in [0.15, 0.2) is 5.82 Å². The molecule has 1 aromatic rings. The molecule has 0 amide bonds. The van der Waals surface area contributed by atoms with E-state index in [1.165, 1.54) is 19.3 Å². The minimum absolute atomic E-state index is 0.550. The summed E-state index contributed by atoms with van der Waals surface area (Å²) in [4.78, 5) is 9.40. The fourth-order valence-electron chi connectivity index (χ4n) is 3.36. The first-order valence-corrected chi connectivity index (χ1v) is 8.87. The van der Waals surface area contributed by atoms with Crippen LogP contribution in [0.15, 0.2) is 6.20 Å². The smallest absolute Gasteiger partial charge is 0.247 e. The summed E-state index contributed by atoms with van der Waals surface area (Å²) in [5.74, 6) is 1.59. The second-order valence-electron chi connectivity index (χ2n) is 6.27. The fraction of sp³-hybridized carbons (Fsp3) is 0.812. The van der Waals surface area contributed by atoms with Gasteiger partial charge in [-0.25, -0.2) is 0 Å². The standard InChI is InChI=1S/C16H28N6O/c1-2-14-5-3-4-7-22(14)16-19-15(13-18-20-16)17-6-8-21-9-11-23-12-10-21/h13-14H,2-12H2,1H3,(H,17,19,20). The molecule has 2 fully saturated rings. The average Bonchev–Trinajstić information content (AvgIpc) is 2.63. The predicted octanol–water partition coefficient (Wildman–Crippen LogP) is 1.38. The molecule has 2 saturated heterocycles. The monoisotopic (exact) mass is 320 g/mol. The van der Waals surface area contributed by atoms with Crippen LogP contribution in [0.1, 0.15) is 32.6 Å². The van der Waals surface area contributed by atoms with E-state index in [1.54, 1.807) is 6.20 Å². The number of hydrogen-bond donors (Lipinski definition) is 1. The third-order valence-electron chi connectivity index (χ3n) is 4.74. The van der Waals surface area contributed by atoms with E-state index in [9.17, 15) is 0 Å². The molecular weight excluding hydrogens is 292 g/mol. The third-order valence-corrected chi connectivity index (χ3v) is 4.74. The van der Waals surface area contributed by atoms with Crippen molar-refractivity contribution in [3.63, 3.8) is 0 Å². The largest absolute Gasteiger partial charge is 0.379 e. The van der Waals surface area contributed by atoms with Crippen molar-refractivity contribution < 1.29 is 4.74 Å². The highest BCUT2D eigenvalue weighted by atomic mass is 16.5. The molecule has 2 aliphatic heterocycles. The number of hydrogen-bond acceptors (Lipinski definition) is 7. The van der Waals surface area contributed by atoms with Crippen LogP contribution in [0.4, 0.5) is 11.8 Å². The van der Waals surface area contributed by atoms with Gasteiger partial charge in [-0.3, -0.25) is 4.90 Å². The maximum atomic E-state index is 5.37. The average molecular weight is 320 g/mol. The van der Waals surface area contributed by atoms with Crippen molar-refractivity contribution in [2.75, 3.05) is 56.2 Å². The van der Waals surface area contributed by atoms with Crippen molar-refractivity contribution in [2.24, 2.45) is 0 Å². The Morgan fingerprint density at radius 2 is 2.13 bits per heavy atom. The third kappa shape index (κ3) is 4.51. The molecule has 2 aliphatic rings. The Balaban J connectivity index is 1.54. The molecule has 0 aliphatic carbocycles. The van der Waals surface area contributed by atoms with E-state index >= 15 is 0 Å². The van der Waals surface area contributed by atoms with Crippen LogP contribution in [-0.4, -0.2) is 72.1 Å². The number of rotatable bonds is 6. The van der Waals surface area contributed by atoms with Gasteiger partial charge < -0.3 is 15.0 Å². The van der Waals surface area contributed by atoms with E-state index in [-0.39, 0.29) is 0 Å². The molecule has 1 unspecified atom stereocenters. The van der Waals surface area contributed by atoms with E-state index in [1.807, 2.05) is 0 Å². The summed E-state index contributed by atoms with van der Waals surface area (Å²) in [5.41, 5.74) is 0. The van der Waals surface area contributed by atoms with Gasteiger partial charge in [-0.15, -0.1) is 5.10 Å². The van der Waals surface area contributed by atoms with Crippen LogP contribution in [-0.2, 0) is 4.74 Å². The molecule has 0 aromatic carbocycles. The predicted molar refractivity (Wildman–Crippen MR) is 90.9 cm³/mol. The molecular formula is C16H28N6O. The van der Waals surface area contributed by atoms with Gasteiger partial charge in [0, 0.05) is 38.8 Å². The lowest BCUT2D eigenvalue weighted by atomic mass is 10.0. The topological polar surface area (TPSA) is 66.4 Å². The van der Waals surface area contributed by atoms with Crippen LogP contribution in [0.3, 0.4) is 0 Å². The molecule has 0 radical (unpaired) electrons. The van der Waals surface area contributed by atoms with Crippen molar-refractivity contribution in [1.29, 1.82) is 0 Å². The zero-order valence-corrected chi connectivity index (χ0v) is 14.1. The van der Waals surface area contributed by atoms with E-state index in [4.69, 9.17) is 4.74 Å². The zero-order valence-electron chi connectivity index (χ0n) is 14.1. The molecule has 3 rings (SSSR count). The van der Waals surface area contributed by atoms with Gasteiger partial charge >= 0.3 is 0 Å². The van der Waals surface area contributed by atoms with Crippen LogP contribution in [0.25, 0.3) is 0 Å². The number of anilines is 2. The number of ether oxygens (including phenoxy) is 1. The van der Waals surface area contributed by atoms with Gasteiger partial charge in [-0.05, 0) is 25.7 Å². The van der Waals surface area contributed by atoms with Crippen molar-refractivity contribution in [3.05, 3.63) is 6.20 Å². The molecule has 1 N–H and O–H groups in total. The molecule has 0 spiro atoms. The molecule has 0 saturated carbocycles. The maximum absolute atomic E-state index is 5.37. The van der Waals surface area contributed by atoms with Crippen LogP contribution in [0.2, 0.25) is 0 Å². The van der Waals surface area contributed by atoms with Crippen LogP contribution in [0.5, 0.6) is 0 Å². The van der Waals surface area contributed by atoms with Crippen LogP contribution >= 0.6 is 0 Å². The number of nitrogens with zero attached hydrogens (tertiary/aromatic N) is 5. The number of morpholine rings is 1. The second kappa shape index (κ2) is 8.40. The van der Waals surface area contributed by atoms with Crippen LogP contribution in [0, 0.1) is 0 Å². The summed E-state index contributed by atoms with van der Waals surface area (Å²) in [6.07, 6.45) is 6.61. The van der Waals surface area contributed by atoms with Gasteiger partial charge in [-0.1, -0.05) is 6.92 Å². The highest BCUT2D eigenvalue weighted by Crippen LogP contribution is 2.23. The molecule has 7 nitrogen and oxygen atoms in total. The van der Waals surface area contributed by atoms with Gasteiger partial charge in [0.1, 0.15) is 0 Å². The van der Waals surface area contributed by atoms with Gasteiger partial charge in [-0.2, -0.15) is 10.1 Å². The highest BCUT2D eigenvalue weighted by molar-refractivity contribution is 5.40. The minimum Gasteiger partial charge on any atom is -0.379 e. The quantitative estimate of drug-likeness (QED) is 0.849. The Morgan fingerprint density at radius 1 is 1.26 bits per heavy atom. The summed E-state index contributed by atoms with van der Waals surface area (Å²) in [7, 11) is 0. The minimum atomic E-state index is 0.550. The SMILES string of the molecule is CCC1CCCCN1c1nncc(NCCN2CCOCC2)n1. The van der Waals surface area contributed by atoms with Crippen molar-refractivity contribution in [1.82, 2.24) is 20.1 Å². The van der Waals surface area contributed by atoms with Gasteiger partial charge in [0.05, 0.1) is 19.4 Å². The Bertz CT molecular complexity index is 479. The van der Waals surface area contributed by atoms with Crippen molar-refractivity contribution in [3.8, 4) is 0 Å². The van der Waals surface area contributed by atoms with E-state index in [0.29, 0.717) is 6.04 Å². The molecule has 1 aromatic heterocycles. The van der Waals surface area contributed by atoms with Gasteiger partial charge in [0.25, 0.3) is 0 Å². The molecule has 128 valence electrons. The Morgan fingerprint density at radius 3 is 2.96 bits per heavy atom. The second-order valence-corrected chi connectivity index (χ2v) is 6.27.